The first-order valence-electron chi connectivity index (χ1n) is 6.98. The lowest BCUT2D eigenvalue weighted by molar-refractivity contribution is 0.625. The molecule has 0 aliphatic heterocycles. The topological polar surface area (TPSA) is 55.6 Å². The van der Waals surface area contributed by atoms with Crippen molar-refractivity contribution in [3.63, 3.8) is 0 Å². The molecule has 2 aromatic heterocycles. The van der Waals surface area contributed by atoms with Crippen molar-refractivity contribution in [2.75, 3.05) is 5.32 Å². The van der Waals surface area contributed by atoms with Crippen LogP contribution in [0.1, 0.15) is 17.9 Å². The third-order valence-electron chi connectivity index (χ3n) is 3.97. The Labute approximate surface area is 134 Å². The van der Waals surface area contributed by atoms with E-state index in [9.17, 15) is 4.39 Å². The average molecular weight is 362 g/mol. The standard InChI is InChI=1S/C15H13BrFN5/c1-22-15-12(13(16)21-22)14(18-7-19-15)20-11-6-10(11)8-3-2-4-9(17)5-8/h2-5,7,10-11H,6H2,1H3,(H,18,19,20)/t10-,11+/m0/s1. The van der Waals surface area contributed by atoms with Crippen LogP contribution in [-0.2, 0) is 7.05 Å². The maximum absolute atomic E-state index is 13.3. The highest BCUT2D eigenvalue weighted by molar-refractivity contribution is 9.10. The Bertz CT molecular complexity index is 862. The minimum atomic E-state index is -0.192. The number of aryl methyl sites for hydroxylation is 1. The summed E-state index contributed by atoms with van der Waals surface area (Å²) in [6.45, 7) is 0. The minimum absolute atomic E-state index is 0.192. The maximum Gasteiger partial charge on any atom is 0.164 e. The van der Waals surface area contributed by atoms with Crippen LogP contribution in [-0.4, -0.2) is 25.8 Å². The van der Waals surface area contributed by atoms with E-state index >= 15 is 0 Å². The summed E-state index contributed by atoms with van der Waals surface area (Å²) in [5, 5.41) is 8.60. The molecular formula is C15H13BrFN5. The molecule has 5 nitrogen and oxygen atoms in total. The Balaban J connectivity index is 1.61. The second-order valence-corrected chi connectivity index (χ2v) is 6.23. The zero-order valence-corrected chi connectivity index (χ0v) is 13.4. The van der Waals surface area contributed by atoms with E-state index in [0.717, 1.165) is 33.4 Å². The van der Waals surface area contributed by atoms with Crippen LogP contribution >= 0.6 is 15.9 Å². The van der Waals surface area contributed by atoms with Gasteiger partial charge in [0.05, 0.1) is 5.39 Å². The molecule has 22 heavy (non-hydrogen) atoms. The Morgan fingerprint density at radius 1 is 1.36 bits per heavy atom. The van der Waals surface area contributed by atoms with Crippen LogP contribution in [0.4, 0.5) is 10.2 Å². The van der Waals surface area contributed by atoms with E-state index < -0.39 is 0 Å². The fraction of sp³-hybridized carbons (Fsp3) is 0.267. The predicted molar refractivity (Wildman–Crippen MR) is 85.2 cm³/mol. The molecule has 4 rings (SSSR count). The molecule has 2 heterocycles. The number of halogens is 2. The highest BCUT2D eigenvalue weighted by Gasteiger charge is 2.39. The van der Waals surface area contributed by atoms with Crippen LogP contribution in [0.15, 0.2) is 35.2 Å². The number of hydrogen-bond acceptors (Lipinski definition) is 4. The van der Waals surface area contributed by atoms with Crippen molar-refractivity contribution >= 4 is 32.8 Å². The van der Waals surface area contributed by atoms with E-state index in [1.165, 1.54) is 12.4 Å². The first-order valence-corrected chi connectivity index (χ1v) is 7.78. The lowest BCUT2D eigenvalue weighted by atomic mass is 10.1. The van der Waals surface area contributed by atoms with Crippen molar-refractivity contribution in [1.82, 2.24) is 19.7 Å². The average Bonchev–Trinajstić information content (AvgIpc) is 3.19. The van der Waals surface area contributed by atoms with Gasteiger partial charge in [-0.15, -0.1) is 0 Å². The van der Waals surface area contributed by atoms with Crippen molar-refractivity contribution in [1.29, 1.82) is 0 Å². The quantitative estimate of drug-likeness (QED) is 0.777. The van der Waals surface area contributed by atoms with Crippen LogP contribution in [0.2, 0.25) is 0 Å². The van der Waals surface area contributed by atoms with E-state index in [2.05, 4.69) is 36.3 Å². The summed E-state index contributed by atoms with van der Waals surface area (Å²) in [5.41, 5.74) is 1.79. The van der Waals surface area contributed by atoms with Crippen LogP contribution < -0.4 is 5.32 Å². The van der Waals surface area contributed by atoms with Gasteiger partial charge in [-0.1, -0.05) is 12.1 Å². The largest absolute Gasteiger partial charge is 0.366 e. The van der Waals surface area contributed by atoms with E-state index in [0.29, 0.717) is 5.92 Å². The molecule has 1 aromatic carbocycles. The van der Waals surface area contributed by atoms with Gasteiger partial charge in [-0.3, -0.25) is 0 Å². The van der Waals surface area contributed by atoms with Gasteiger partial charge in [0.1, 0.15) is 22.6 Å². The number of anilines is 1. The van der Waals surface area contributed by atoms with Gasteiger partial charge in [0, 0.05) is 19.0 Å². The molecule has 1 aliphatic rings. The molecule has 2 atom stereocenters. The molecule has 3 aromatic rings. The zero-order valence-electron chi connectivity index (χ0n) is 11.8. The van der Waals surface area contributed by atoms with Crippen molar-refractivity contribution in [2.45, 2.75) is 18.4 Å². The smallest absolute Gasteiger partial charge is 0.164 e. The van der Waals surface area contributed by atoms with Gasteiger partial charge in [-0.05, 0) is 40.0 Å². The molecule has 0 spiro atoms. The first-order chi connectivity index (χ1) is 10.6. The zero-order chi connectivity index (χ0) is 15.3. The molecule has 0 amide bonds. The summed E-state index contributed by atoms with van der Waals surface area (Å²) in [7, 11) is 1.84. The van der Waals surface area contributed by atoms with Crippen molar-refractivity contribution in [3.05, 3.63) is 46.6 Å². The summed E-state index contributed by atoms with van der Waals surface area (Å²) in [6, 6.07) is 7.04. The number of fused-ring (bicyclic) bond motifs is 1. The van der Waals surface area contributed by atoms with Crippen molar-refractivity contribution < 1.29 is 4.39 Å². The Morgan fingerprint density at radius 3 is 3.05 bits per heavy atom. The van der Waals surface area contributed by atoms with Gasteiger partial charge in [0.2, 0.25) is 0 Å². The molecule has 7 heteroatoms. The summed E-state index contributed by atoms with van der Waals surface area (Å²) >= 11 is 3.45. The van der Waals surface area contributed by atoms with Crippen LogP contribution in [0.25, 0.3) is 11.0 Å². The molecule has 0 bridgehead atoms. The minimum Gasteiger partial charge on any atom is -0.366 e. The van der Waals surface area contributed by atoms with Crippen molar-refractivity contribution in [3.8, 4) is 0 Å². The fourth-order valence-corrected chi connectivity index (χ4v) is 3.39. The summed E-state index contributed by atoms with van der Waals surface area (Å²) in [4.78, 5) is 8.58. The number of rotatable bonds is 3. The van der Waals surface area contributed by atoms with Crippen molar-refractivity contribution in [2.24, 2.45) is 7.05 Å². The van der Waals surface area contributed by atoms with E-state index in [4.69, 9.17) is 0 Å². The summed E-state index contributed by atoms with van der Waals surface area (Å²) < 4.78 is 15.7. The molecule has 0 radical (unpaired) electrons. The summed E-state index contributed by atoms with van der Waals surface area (Å²) in [5.74, 6) is 0.882. The van der Waals surface area contributed by atoms with E-state index in [1.807, 2.05) is 13.1 Å². The molecule has 1 N–H and O–H groups in total. The monoisotopic (exact) mass is 361 g/mol. The fourth-order valence-electron chi connectivity index (χ4n) is 2.79. The number of benzene rings is 1. The third-order valence-corrected chi connectivity index (χ3v) is 4.52. The molecule has 0 unspecified atom stereocenters. The third kappa shape index (κ3) is 2.25. The maximum atomic E-state index is 13.3. The summed E-state index contributed by atoms with van der Waals surface area (Å²) in [6.07, 6.45) is 2.49. The normalized spacial score (nSPS) is 20.3. The van der Waals surface area contributed by atoms with Gasteiger partial charge in [0.25, 0.3) is 0 Å². The number of nitrogens with zero attached hydrogens (tertiary/aromatic N) is 4. The van der Waals surface area contributed by atoms with Crippen LogP contribution in [0.5, 0.6) is 0 Å². The van der Waals surface area contributed by atoms with Gasteiger partial charge >= 0.3 is 0 Å². The Morgan fingerprint density at radius 2 is 2.23 bits per heavy atom. The lowest BCUT2D eigenvalue weighted by Gasteiger charge is -2.06. The molecule has 1 fully saturated rings. The SMILES string of the molecule is Cn1nc(Br)c2c(N[C@@H]3C[C@H]3c3cccc(F)c3)ncnc21. The molecule has 1 saturated carbocycles. The molecule has 1 aliphatic carbocycles. The lowest BCUT2D eigenvalue weighted by Crippen LogP contribution is -2.07. The Hall–Kier alpha value is -2.02. The molecule has 112 valence electrons. The predicted octanol–water partition coefficient (Wildman–Crippen LogP) is 3.23. The highest BCUT2D eigenvalue weighted by Crippen LogP contribution is 2.43. The van der Waals surface area contributed by atoms with Gasteiger partial charge in [-0.2, -0.15) is 5.10 Å². The number of aromatic nitrogens is 4. The number of hydrogen-bond donors (Lipinski definition) is 1. The van der Waals surface area contributed by atoms with Crippen LogP contribution in [0, 0.1) is 5.82 Å². The van der Waals surface area contributed by atoms with Gasteiger partial charge in [0.15, 0.2) is 5.65 Å². The first kappa shape index (κ1) is 13.6. The van der Waals surface area contributed by atoms with Gasteiger partial charge in [-0.25, -0.2) is 19.0 Å². The Kier molecular flexibility index (Phi) is 3.11. The van der Waals surface area contributed by atoms with Gasteiger partial charge < -0.3 is 5.32 Å². The highest BCUT2D eigenvalue weighted by atomic mass is 79.9. The second-order valence-electron chi connectivity index (χ2n) is 5.48. The molecular weight excluding hydrogens is 349 g/mol. The van der Waals surface area contributed by atoms with E-state index in [1.54, 1.807) is 16.8 Å². The van der Waals surface area contributed by atoms with Crippen LogP contribution in [0.3, 0.4) is 0 Å². The second kappa shape index (κ2) is 5.01. The molecule has 0 saturated heterocycles. The van der Waals surface area contributed by atoms with E-state index in [-0.39, 0.29) is 11.9 Å². The number of nitrogens with one attached hydrogen (secondary N) is 1.